The number of fused-ring (bicyclic) bond motifs is 1. The molecule has 0 aliphatic rings. The summed E-state index contributed by atoms with van der Waals surface area (Å²) in [5.41, 5.74) is 1.38. The van der Waals surface area contributed by atoms with Crippen molar-refractivity contribution in [1.29, 1.82) is 5.26 Å². The van der Waals surface area contributed by atoms with Gasteiger partial charge in [-0.1, -0.05) is 12.1 Å². The molecule has 1 N–H and O–H groups in total. The number of nitriles is 1. The highest BCUT2D eigenvalue weighted by atomic mass is 79.9. The van der Waals surface area contributed by atoms with Gasteiger partial charge in [0.2, 0.25) is 0 Å². The lowest BCUT2D eigenvalue weighted by Gasteiger charge is -2.12. The average molecular weight is 529 g/mol. The van der Waals surface area contributed by atoms with E-state index in [0.29, 0.717) is 33.7 Å². The van der Waals surface area contributed by atoms with Gasteiger partial charge in [0.1, 0.15) is 5.69 Å². The largest absolute Gasteiger partial charge is 0.433 e. The Kier molecular flexibility index (Phi) is 6.10. The predicted molar refractivity (Wildman–Crippen MR) is 122 cm³/mol. The number of hydrogen-bond donors (Lipinski definition) is 1. The summed E-state index contributed by atoms with van der Waals surface area (Å²) in [5, 5.41) is 16.3. The lowest BCUT2D eigenvalue weighted by atomic mass is 10.1. The molecule has 0 aliphatic carbocycles. The number of alkyl halides is 3. The molecular formula is C23H16BrF3N6O. The normalized spacial score (nSPS) is 11.4. The van der Waals surface area contributed by atoms with Crippen LogP contribution in [0.25, 0.3) is 11.0 Å². The lowest BCUT2D eigenvalue weighted by Crippen LogP contribution is -2.17. The molecule has 0 aliphatic heterocycles. The van der Waals surface area contributed by atoms with E-state index < -0.39 is 17.8 Å². The van der Waals surface area contributed by atoms with Crippen molar-refractivity contribution < 1.29 is 18.0 Å². The van der Waals surface area contributed by atoms with E-state index in [9.17, 15) is 18.0 Å². The third kappa shape index (κ3) is 4.63. The zero-order valence-electron chi connectivity index (χ0n) is 17.9. The highest BCUT2D eigenvalue weighted by Gasteiger charge is 2.34. The molecule has 0 spiro atoms. The van der Waals surface area contributed by atoms with Crippen molar-refractivity contribution in [3.05, 3.63) is 80.8 Å². The van der Waals surface area contributed by atoms with E-state index in [-0.39, 0.29) is 16.6 Å². The molecule has 34 heavy (non-hydrogen) atoms. The molecule has 3 aromatic heterocycles. The van der Waals surface area contributed by atoms with Crippen LogP contribution in [0.4, 0.5) is 18.9 Å². The van der Waals surface area contributed by atoms with Crippen LogP contribution in [0.2, 0.25) is 0 Å². The first-order chi connectivity index (χ1) is 16.1. The van der Waals surface area contributed by atoms with E-state index in [2.05, 4.69) is 42.4 Å². The molecule has 0 fully saturated rings. The number of aryl methyl sites for hydroxylation is 1. The SMILES string of the molecule is Cc1nn(Cc2ccc(C#N)cc2)c(C)c1NC(=O)c1cc(C(F)(F)F)nc2ncc(Br)cc12. The fraction of sp³-hybridized carbons (Fsp3) is 0.174. The Labute approximate surface area is 200 Å². The molecule has 11 heteroatoms. The summed E-state index contributed by atoms with van der Waals surface area (Å²) in [6, 6.07) is 11.3. The van der Waals surface area contributed by atoms with Crippen LogP contribution in [0.1, 0.15) is 38.6 Å². The van der Waals surface area contributed by atoms with Gasteiger partial charge >= 0.3 is 6.18 Å². The first-order valence-electron chi connectivity index (χ1n) is 9.94. The molecule has 4 aromatic rings. The van der Waals surface area contributed by atoms with E-state index in [4.69, 9.17) is 5.26 Å². The van der Waals surface area contributed by atoms with Gasteiger partial charge in [-0.3, -0.25) is 9.48 Å². The molecule has 0 saturated heterocycles. The second-order valence-electron chi connectivity index (χ2n) is 7.54. The summed E-state index contributed by atoms with van der Waals surface area (Å²) in [5.74, 6) is -0.734. The summed E-state index contributed by atoms with van der Waals surface area (Å²) in [7, 11) is 0. The highest BCUT2D eigenvalue weighted by Crippen LogP contribution is 2.32. The van der Waals surface area contributed by atoms with Gasteiger partial charge in [0.25, 0.3) is 5.91 Å². The number of aromatic nitrogens is 4. The second-order valence-corrected chi connectivity index (χ2v) is 8.46. The number of amides is 1. The smallest absolute Gasteiger partial charge is 0.319 e. The van der Waals surface area contributed by atoms with Crippen LogP contribution in [0.3, 0.4) is 0 Å². The standard InChI is InChI=1S/C23H16BrF3N6O/c1-12-20(13(2)33(32-12)11-15-5-3-14(9-28)4-6-15)31-22(34)18-8-19(23(25,26)27)30-21-17(18)7-16(24)10-29-21/h3-8,10H,11H2,1-2H3,(H,31,34). The zero-order chi connectivity index (χ0) is 24.6. The van der Waals surface area contributed by atoms with Crippen molar-refractivity contribution in [2.24, 2.45) is 0 Å². The maximum Gasteiger partial charge on any atom is 0.433 e. The molecule has 0 atom stereocenters. The van der Waals surface area contributed by atoms with Crippen LogP contribution >= 0.6 is 15.9 Å². The van der Waals surface area contributed by atoms with Crippen LogP contribution in [0.5, 0.6) is 0 Å². The Bertz CT molecular complexity index is 1460. The fourth-order valence-electron chi connectivity index (χ4n) is 3.48. The lowest BCUT2D eigenvalue weighted by molar-refractivity contribution is -0.141. The zero-order valence-corrected chi connectivity index (χ0v) is 19.5. The molecule has 0 bridgehead atoms. The quantitative estimate of drug-likeness (QED) is 0.382. The van der Waals surface area contributed by atoms with Gasteiger partial charge in [-0.05, 0) is 59.6 Å². The number of carbonyl (C=O) groups excluding carboxylic acids is 1. The Morgan fingerprint density at radius 3 is 2.56 bits per heavy atom. The number of pyridine rings is 2. The number of halogens is 4. The van der Waals surface area contributed by atoms with Gasteiger partial charge < -0.3 is 5.32 Å². The molecule has 3 heterocycles. The highest BCUT2D eigenvalue weighted by molar-refractivity contribution is 9.10. The van der Waals surface area contributed by atoms with Gasteiger partial charge in [0.15, 0.2) is 5.65 Å². The summed E-state index contributed by atoms with van der Waals surface area (Å²) < 4.78 is 42.3. The summed E-state index contributed by atoms with van der Waals surface area (Å²) in [6.07, 6.45) is -3.42. The van der Waals surface area contributed by atoms with Crippen LogP contribution in [0, 0.1) is 25.2 Å². The molecule has 0 saturated carbocycles. The molecule has 172 valence electrons. The molecule has 4 rings (SSSR count). The maximum absolute atomic E-state index is 13.4. The number of nitrogens with zero attached hydrogens (tertiary/aromatic N) is 5. The van der Waals surface area contributed by atoms with Crippen LogP contribution in [-0.4, -0.2) is 25.7 Å². The van der Waals surface area contributed by atoms with Crippen molar-refractivity contribution in [2.75, 3.05) is 5.32 Å². The predicted octanol–water partition coefficient (Wildman–Crippen LogP) is 5.40. The van der Waals surface area contributed by atoms with Crippen LogP contribution in [0.15, 0.2) is 47.1 Å². The second kappa shape index (κ2) is 8.87. The van der Waals surface area contributed by atoms with Gasteiger partial charge in [-0.15, -0.1) is 0 Å². The molecule has 7 nitrogen and oxygen atoms in total. The van der Waals surface area contributed by atoms with Crippen molar-refractivity contribution >= 4 is 38.6 Å². The van der Waals surface area contributed by atoms with E-state index in [0.717, 1.165) is 11.6 Å². The monoisotopic (exact) mass is 528 g/mol. The first kappa shape index (κ1) is 23.4. The van der Waals surface area contributed by atoms with E-state index >= 15 is 0 Å². The van der Waals surface area contributed by atoms with Crippen molar-refractivity contribution in [1.82, 2.24) is 19.7 Å². The minimum absolute atomic E-state index is 0.181. The Hall–Kier alpha value is -3.78. The van der Waals surface area contributed by atoms with Crippen LogP contribution < -0.4 is 5.32 Å². The molecule has 0 unspecified atom stereocenters. The summed E-state index contributed by atoms with van der Waals surface area (Å²) in [4.78, 5) is 20.6. The number of rotatable bonds is 4. The Balaban J connectivity index is 1.69. The minimum Gasteiger partial charge on any atom is -0.319 e. The third-order valence-electron chi connectivity index (χ3n) is 5.20. The van der Waals surface area contributed by atoms with Gasteiger partial charge in [0, 0.05) is 16.1 Å². The van der Waals surface area contributed by atoms with E-state index in [1.807, 2.05) is 0 Å². The first-order valence-corrected chi connectivity index (χ1v) is 10.7. The number of anilines is 1. The Morgan fingerprint density at radius 1 is 1.21 bits per heavy atom. The Morgan fingerprint density at radius 2 is 1.91 bits per heavy atom. The number of carbonyl (C=O) groups is 1. The van der Waals surface area contributed by atoms with Crippen LogP contribution in [-0.2, 0) is 12.7 Å². The number of benzene rings is 1. The van der Waals surface area contributed by atoms with Crippen molar-refractivity contribution in [3.63, 3.8) is 0 Å². The fourth-order valence-corrected chi connectivity index (χ4v) is 3.81. The molecular weight excluding hydrogens is 513 g/mol. The topological polar surface area (TPSA) is 96.5 Å². The molecule has 1 amide bonds. The molecule has 1 aromatic carbocycles. The third-order valence-corrected chi connectivity index (χ3v) is 5.64. The summed E-state index contributed by atoms with van der Waals surface area (Å²) in [6.45, 7) is 3.84. The molecule has 0 radical (unpaired) electrons. The van der Waals surface area contributed by atoms with Crippen molar-refractivity contribution in [3.8, 4) is 6.07 Å². The van der Waals surface area contributed by atoms with E-state index in [1.165, 1.54) is 12.3 Å². The van der Waals surface area contributed by atoms with Crippen molar-refractivity contribution in [2.45, 2.75) is 26.6 Å². The van der Waals surface area contributed by atoms with Gasteiger partial charge in [-0.25, -0.2) is 9.97 Å². The number of hydrogen-bond acceptors (Lipinski definition) is 5. The minimum atomic E-state index is -4.74. The van der Waals surface area contributed by atoms with Gasteiger partial charge in [-0.2, -0.15) is 23.5 Å². The average Bonchev–Trinajstić information content (AvgIpc) is 3.05. The number of nitrogens with one attached hydrogen (secondary N) is 1. The maximum atomic E-state index is 13.4. The van der Waals surface area contributed by atoms with Gasteiger partial charge in [0.05, 0.1) is 40.8 Å². The van der Waals surface area contributed by atoms with E-state index in [1.54, 1.807) is 42.8 Å². The summed E-state index contributed by atoms with van der Waals surface area (Å²) >= 11 is 3.23.